The van der Waals surface area contributed by atoms with Crippen molar-refractivity contribution < 1.29 is 23.6 Å². The van der Waals surface area contributed by atoms with Crippen LogP contribution in [0.5, 0.6) is 0 Å². The van der Waals surface area contributed by atoms with Crippen LogP contribution in [-0.4, -0.2) is 52.8 Å². The van der Waals surface area contributed by atoms with Crippen LogP contribution >= 0.6 is 0 Å². The summed E-state index contributed by atoms with van der Waals surface area (Å²) in [6.07, 6.45) is 2.99. The predicted molar refractivity (Wildman–Crippen MR) is 111 cm³/mol. The van der Waals surface area contributed by atoms with Crippen molar-refractivity contribution in [2.45, 2.75) is 45.3 Å². The number of rotatable bonds is 6. The van der Waals surface area contributed by atoms with Crippen LogP contribution in [0.4, 0.5) is 0 Å². The van der Waals surface area contributed by atoms with Gasteiger partial charge in [-0.3, -0.25) is 24.2 Å². The fraction of sp³-hybridized carbons (Fsp3) is 0.364. The molecule has 4 amide bonds. The molecule has 0 bridgehead atoms. The number of hydrogen-bond acceptors (Lipinski definition) is 5. The highest BCUT2D eigenvalue weighted by atomic mass is 16.3. The summed E-state index contributed by atoms with van der Waals surface area (Å²) in [6, 6.07) is 6.16. The Hall–Kier alpha value is -3.62. The monoisotopic (exact) mass is 426 g/mol. The molecule has 3 rings (SSSR count). The second-order valence-electron chi connectivity index (χ2n) is 7.73. The van der Waals surface area contributed by atoms with Crippen LogP contribution < -0.4 is 10.6 Å². The third-order valence-electron chi connectivity index (χ3n) is 5.09. The number of nitrogens with zero attached hydrogens (tertiary/aromatic N) is 2. The molecule has 9 heteroatoms. The average Bonchev–Trinajstić information content (AvgIpc) is 3.21. The molecule has 1 aromatic carbocycles. The fourth-order valence-corrected chi connectivity index (χ4v) is 3.55. The standard InChI is InChI=1S/C22H26N4O5/c1-13(2)26-21(29)17-8-6-5-7-16(17)19(22(30)25(26)4)24-20(28)14(3)23-18(27)11-15-9-10-31-12-15/h5-10,12-14,19H,11H2,1-4H3,(H,23,27)(H,24,28)/t14-,19?/m0/s1. The molecule has 2 N–H and O–H groups in total. The van der Waals surface area contributed by atoms with E-state index in [1.54, 1.807) is 44.2 Å². The van der Waals surface area contributed by atoms with Gasteiger partial charge in [0.05, 0.1) is 18.9 Å². The summed E-state index contributed by atoms with van der Waals surface area (Å²) in [5.74, 6) is -1.65. The maximum Gasteiger partial charge on any atom is 0.273 e. The average molecular weight is 426 g/mol. The van der Waals surface area contributed by atoms with Gasteiger partial charge >= 0.3 is 0 Å². The number of furan rings is 1. The van der Waals surface area contributed by atoms with Crippen molar-refractivity contribution in [2.75, 3.05) is 7.05 Å². The number of hydrogen-bond donors (Lipinski definition) is 2. The van der Waals surface area contributed by atoms with Gasteiger partial charge in [0.15, 0.2) is 0 Å². The van der Waals surface area contributed by atoms with E-state index < -0.39 is 23.9 Å². The number of likely N-dealkylation sites (N-methyl/N-ethyl adjacent to an activating group) is 1. The minimum atomic E-state index is -1.06. The van der Waals surface area contributed by atoms with E-state index in [9.17, 15) is 19.2 Å². The number of carbonyl (C=O) groups is 4. The summed E-state index contributed by atoms with van der Waals surface area (Å²) in [5, 5.41) is 7.91. The first-order chi connectivity index (χ1) is 14.7. The Morgan fingerprint density at radius 1 is 1.13 bits per heavy atom. The van der Waals surface area contributed by atoms with Crippen LogP contribution in [0.3, 0.4) is 0 Å². The normalized spacial score (nSPS) is 17.3. The molecule has 0 radical (unpaired) electrons. The molecule has 164 valence electrons. The Balaban J connectivity index is 1.79. The van der Waals surface area contributed by atoms with Gasteiger partial charge in [0.2, 0.25) is 11.8 Å². The first kappa shape index (κ1) is 22.1. The summed E-state index contributed by atoms with van der Waals surface area (Å²) in [5.41, 5.74) is 1.44. The van der Waals surface area contributed by atoms with Crippen molar-refractivity contribution >= 4 is 23.6 Å². The van der Waals surface area contributed by atoms with Gasteiger partial charge in [-0.15, -0.1) is 0 Å². The fourth-order valence-electron chi connectivity index (χ4n) is 3.55. The van der Waals surface area contributed by atoms with Crippen LogP contribution in [0.25, 0.3) is 0 Å². The van der Waals surface area contributed by atoms with Gasteiger partial charge in [0, 0.05) is 18.7 Å². The topological polar surface area (TPSA) is 112 Å². The smallest absolute Gasteiger partial charge is 0.273 e. The molecule has 0 fully saturated rings. The summed E-state index contributed by atoms with van der Waals surface area (Å²) in [7, 11) is 1.50. The molecule has 31 heavy (non-hydrogen) atoms. The number of nitrogens with one attached hydrogen (secondary N) is 2. The molecule has 2 heterocycles. The molecule has 1 aliphatic heterocycles. The van der Waals surface area contributed by atoms with Crippen LogP contribution in [0.1, 0.15) is 48.3 Å². The van der Waals surface area contributed by atoms with E-state index in [4.69, 9.17) is 4.42 Å². The van der Waals surface area contributed by atoms with Crippen molar-refractivity contribution in [1.29, 1.82) is 0 Å². The van der Waals surface area contributed by atoms with Gasteiger partial charge in [0.25, 0.3) is 11.8 Å². The Kier molecular flexibility index (Phi) is 6.43. The third kappa shape index (κ3) is 4.60. The molecule has 1 aromatic heterocycles. The maximum atomic E-state index is 13.2. The maximum absolute atomic E-state index is 13.2. The molecule has 0 saturated heterocycles. The Labute approximate surface area is 180 Å². The SMILES string of the molecule is CC(C)N1C(=O)c2ccccc2C(NC(=O)[C@H](C)NC(=O)Cc2ccoc2)C(=O)N1C. The minimum Gasteiger partial charge on any atom is -0.472 e. The summed E-state index contributed by atoms with van der Waals surface area (Å²) in [4.78, 5) is 51.2. The molecule has 0 spiro atoms. The second-order valence-corrected chi connectivity index (χ2v) is 7.73. The number of fused-ring (bicyclic) bond motifs is 1. The van der Waals surface area contributed by atoms with Gasteiger partial charge in [-0.05, 0) is 44.0 Å². The summed E-state index contributed by atoms with van der Waals surface area (Å²) in [6.45, 7) is 5.15. The zero-order chi connectivity index (χ0) is 22.7. The van der Waals surface area contributed by atoms with Gasteiger partial charge in [-0.2, -0.15) is 0 Å². The Morgan fingerprint density at radius 3 is 2.48 bits per heavy atom. The van der Waals surface area contributed by atoms with E-state index in [0.717, 1.165) is 0 Å². The molecule has 2 atom stereocenters. The largest absolute Gasteiger partial charge is 0.472 e. The van der Waals surface area contributed by atoms with Crippen LogP contribution in [0.2, 0.25) is 0 Å². The van der Waals surface area contributed by atoms with E-state index in [0.29, 0.717) is 16.7 Å². The van der Waals surface area contributed by atoms with Crippen LogP contribution in [0.15, 0.2) is 47.3 Å². The highest BCUT2D eigenvalue weighted by molar-refractivity contribution is 6.02. The van der Waals surface area contributed by atoms with E-state index in [1.165, 1.54) is 36.5 Å². The van der Waals surface area contributed by atoms with Crippen LogP contribution in [-0.2, 0) is 20.8 Å². The second kappa shape index (κ2) is 9.03. The van der Waals surface area contributed by atoms with Gasteiger partial charge < -0.3 is 15.1 Å². The lowest BCUT2D eigenvalue weighted by molar-refractivity contribution is -0.147. The predicted octanol–water partition coefficient (Wildman–Crippen LogP) is 1.42. The lowest BCUT2D eigenvalue weighted by Crippen LogP contribution is -2.53. The van der Waals surface area contributed by atoms with Gasteiger partial charge in [0.1, 0.15) is 12.1 Å². The Bertz CT molecular complexity index is 986. The first-order valence-electron chi connectivity index (χ1n) is 10.0. The lowest BCUT2D eigenvalue weighted by atomic mass is 9.99. The number of benzene rings is 1. The van der Waals surface area contributed by atoms with Crippen molar-refractivity contribution in [1.82, 2.24) is 20.7 Å². The van der Waals surface area contributed by atoms with Crippen molar-refractivity contribution in [2.24, 2.45) is 0 Å². The van der Waals surface area contributed by atoms with Crippen molar-refractivity contribution in [3.63, 3.8) is 0 Å². The molecular formula is C22H26N4O5. The van der Waals surface area contributed by atoms with E-state index in [-0.39, 0.29) is 24.3 Å². The van der Waals surface area contributed by atoms with Crippen molar-refractivity contribution in [3.05, 3.63) is 59.5 Å². The number of carbonyl (C=O) groups excluding carboxylic acids is 4. The molecule has 9 nitrogen and oxygen atoms in total. The van der Waals surface area contributed by atoms with E-state index >= 15 is 0 Å². The van der Waals surface area contributed by atoms with Crippen LogP contribution in [0, 0.1) is 0 Å². The highest BCUT2D eigenvalue weighted by Crippen LogP contribution is 2.27. The quantitative estimate of drug-likeness (QED) is 0.726. The molecule has 0 aliphatic carbocycles. The zero-order valence-electron chi connectivity index (χ0n) is 17.9. The highest BCUT2D eigenvalue weighted by Gasteiger charge is 2.39. The summed E-state index contributed by atoms with van der Waals surface area (Å²) >= 11 is 0. The number of hydrazine groups is 1. The molecule has 0 saturated carbocycles. The van der Waals surface area contributed by atoms with E-state index in [1.807, 2.05) is 0 Å². The Morgan fingerprint density at radius 2 is 1.84 bits per heavy atom. The zero-order valence-corrected chi connectivity index (χ0v) is 17.9. The molecule has 2 aromatic rings. The lowest BCUT2D eigenvalue weighted by Gasteiger charge is -2.34. The first-order valence-corrected chi connectivity index (χ1v) is 10.0. The van der Waals surface area contributed by atoms with Gasteiger partial charge in [-0.1, -0.05) is 18.2 Å². The summed E-state index contributed by atoms with van der Waals surface area (Å²) < 4.78 is 4.94. The van der Waals surface area contributed by atoms with E-state index in [2.05, 4.69) is 10.6 Å². The van der Waals surface area contributed by atoms with Gasteiger partial charge in [-0.25, -0.2) is 5.01 Å². The molecular weight excluding hydrogens is 400 g/mol. The molecule has 1 unspecified atom stereocenters. The minimum absolute atomic E-state index is 0.0693. The molecule has 1 aliphatic rings. The number of amides is 4. The third-order valence-corrected chi connectivity index (χ3v) is 5.09. The van der Waals surface area contributed by atoms with Crippen molar-refractivity contribution in [3.8, 4) is 0 Å².